The third-order valence-corrected chi connectivity index (χ3v) is 0.660. The highest BCUT2D eigenvalue weighted by atomic mass is 16.6. The summed E-state index contributed by atoms with van der Waals surface area (Å²) < 4.78 is 4.45. The van der Waals surface area contributed by atoms with E-state index >= 15 is 0 Å². The first kappa shape index (κ1) is 8.23. The number of rotatable bonds is 2. The van der Waals surface area contributed by atoms with E-state index in [2.05, 4.69) is 10.1 Å². The predicted octanol–water partition coefficient (Wildman–Crippen LogP) is -0.277. The molecule has 0 saturated carbocycles. The average Bonchev–Trinajstić information content (AvgIpc) is 1.83. The van der Waals surface area contributed by atoms with Crippen LogP contribution >= 0.6 is 0 Å². The molecule has 0 aromatic carbocycles. The zero-order valence-corrected chi connectivity index (χ0v) is 5.55. The van der Waals surface area contributed by atoms with Crippen LogP contribution in [0.3, 0.4) is 0 Å². The number of alkyl carbamates (subject to hydrolysis) is 1. The number of nitrogens with one attached hydrogen (secondary N) is 1. The first-order valence-electron chi connectivity index (χ1n) is 2.69. The highest BCUT2D eigenvalue weighted by Gasteiger charge is 1.99. The van der Waals surface area contributed by atoms with Crippen molar-refractivity contribution in [2.24, 2.45) is 0 Å². The van der Waals surface area contributed by atoms with Crippen LogP contribution in [-0.2, 0) is 4.74 Å². The van der Waals surface area contributed by atoms with Gasteiger partial charge in [0, 0.05) is 7.05 Å². The molecule has 0 aliphatic carbocycles. The number of ether oxygens (including phenoxy) is 1. The molecule has 0 unspecified atom stereocenters. The van der Waals surface area contributed by atoms with Crippen LogP contribution in [-0.4, -0.2) is 31.0 Å². The monoisotopic (exact) mass is 133 g/mol. The Labute approximate surface area is 53.8 Å². The molecule has 0 aliphatic heterocycles. The third kappa shape index (κ3) is 5.10. The summed E-state index contributed by atoms with van der Waals surface area (Å²) in [6.45, 7) is 1.59. The molecule has 0 heterocycles. The van der Waals surface area contributed by atoms with Crippen LogP contribution in [0.15, 0.2) is 0 Å². The van der Waals surface area contributed by atoms with E-state index in [1.54, 1.807) is 6.92 Å². The van der Waals surface area contributed by atoms with Crippen LogP contribution in [0.25, 0.3) is 0 Å². The molecule has 0 aromatic rings. The lowest BCUT2D eigenvalue weighted by atomic mass is 10.4. The van der Waals surface area contributed by atoms with Gasteiger partial charge in [0.15, 0.2) is 0 Å². The lowest BCUT2D eigenvalue weighted by Crippen LogP contribution is -2.23. The highest BCUT2D eigenvalue weighted by Crippen LogP contribution is 1.81. The fraction of sp³-hybridized carbons (Fsp3) is 0.800. The molecule has 0 spiro atoms. The Morgan fingerprint density at radius 3 is 2.78 bits per heavy atom. The zero-order chi connectivity index (χ0) is 7.28. The van der Waals surface area contributed by atoms with Crippen molar-refractivity contribution < 1.29 is 14.6 Å². The number of carbonyl (C=O) groups is 1. The average molecular weight is 133 g/mol. The Morgan fingerprint density at radius 1 is 1.89 bits per heavy atom. The standard InChI is InChI=1S/C5H11NO3/c1-4(7)3-9-5(8)6-2/h4,7H,3H2,1-2H3,(H,6,8)/t4-/m0/s1. The van der Waals surface area contributed by atoms with Crippen LogP contribution in [0, 0.1) is 0 Å². The second kappa shape index (κ2) is 4.14. The second-order valence-electron chi connectivity index (χ2n) is 1.70. The number of hydrogen-bond donors (Lipinski definition) is 2. The van der Waals surface area contributed by atoms with Gasteiger partial charge in [0.1, 0.15) is 6.61 Å². The van der Waals surface area contributed by atoms with E-state index in [1.807, 2.05) is 0 Å². The molecule has 1 amide bonds. The van der Waals surface area contributed by atoms with Crippen molar-refractivity contribution in [3.63, 3.8) is 0 Å². The van der Waals surface area contributed by atoms with E-state index in [0.29, 0.717) is 0 Å². The van der Waals surface area contributed by atoms with Crippen molar-refractivity contribution in [1.82, 2.24) is 5.32 Å². The Balaban J connectivity index is 3.17. The van der Waals surface area contributed by atoms with Gasteiger partial charge < -0.3 is 15.2 Å². The lowest BCUT2D eigenvalue weighted by molar-refractivity contribution is 0.0792. The van der Waals surface area contributed by atoms with Gasteiger partial charge >= 0.3 is 6.09 Å². The van der Waals surface area contributed by atoms with Gasteiger partial charge in [-0.3, -0.25) is 0 Å². The van der Waals surface area contributed by atoms with E-state index < -0.39 is 12.2 Å². The molecule has 0 fully saturated rings. The molecular formula is C5H11NO3. The van der Waals surface area contributed by atoms with Crippen molar-refractivity contribution in [2.75, 3.05) is 13.7 Å². The molecule has 0 radical (unpaired) electrons. The molecule has 0 aliphatic rings. The maximum absolute atomic E-state index is 10.3. The largest absolute Gasteiger partial charge is 0.447 e. The molecule has 2 N–H and O–H groups in total. The third-order valence-electron chi connectivity index (χ3n) is 0.660. The van der Waals surface area contributed by atoms with Crippen LogP contribution in [0.5, 0.6) is 0 Å². The molecule has 54 valence electrons. The normalized spacial score (nSPS) is 12.3. The highest BCUT2D eigenvalue weighted by molar-refractivity contribution is 5.66. The van der Waals surface area contributed by atoms with Gasteiger partial charge in [0.2, 0.25) is 0 Å². The first-order chi connectivity index (χ1) is 4.16. The molecule has 0 aromatic heterocycles. The summed E-state index contributed by atoms with van der Waals surface area (Å²) in [5.74, 6) is 0. The maximum Gasteiger partial charge on any atom is 0.406 e. The van der Waals surface area contributed by atoms with Crippen LogP contribution in [0.4, 0.5) is 4.79 Å². The zero-order valence-electron chi connectivity index (χ0n) is 5.55. The lowest BCUT2D eigenvalue weighted by Gasteiger charge is -2.04. The van der Waals surface area contributed by atoms with Crippen LogP contribution in [0.2, 0.25) is 0 Å². The van der Waals surface area contributed by atoms with Gasteiger partial charge in [0.25, 0.3) is 0 Å². The Hall–Kier alpha value is -0.770. The van der Waals surface area contributed by atoms with E-state index in [0.717, 1.165) is 0 Å². The maximum atomic E-state index is 10.3. The topological polar surface area (TPSA) is 58.6 Å². The number of carbonyl (C=O) groups excluding carboxylic acids is 1. The van der Waals surface area contributed by atoms with Gasteiger partial charge in [-0.1, -0.05) is 0 Å². The van der Waals surface area contributed by atoms with Gasteiger partial charge in [0.05, 0.1) is 6.10 Å². The van der Waals surface area contributed by atoms with E-state index in [4.69, 9.17) is 5.11 Å². The van der Waals surface area contributed by atoms with Crippen molar-refractivity contribution in [1.29, 1.82) is 0 Å². The predicted molar refractivity (Wildman–Crippen MR) is 32.1 cm³/mol. The SMILES string of the molecule is CNC(=O)OC[C@H](C)O. The minimum atomic E-state index is -0.595. The molecule has 0 saturated heterocycles. The van der Waals surface area contributed by atoms with Gasteiger partial charge in [-0.2, -0.15) is 0 Å². The van der Waals surface area contributed by atoms with E-state index in [-0.39, 0.29) is 6.61 Å². The molecular weight excluding hydrogens is 122 g/mol. The Bertz CT molecular complexity index is 92.2. The summed E-state index contributed by atoms with van der Waals surface area (Å²) in [6.07, 6.45) is -1.11. The molecule has 4 heteroatoms. The smallest absolute Gasteiger partial charge is 0.406 e. The van der Waals surface area contributed by atoms with Gasteiger partial charge in [-0.15, -0.1) is 0 Å². The Kier molecular flexibility index (Phi) is 3.79. The summed E-state index contributed by atoms with van der Waals surface area (Å²) in [7, 11) is 1.46. The van der Waals surface area contributed by atoms with Crippen molar-refractivity contribution in [3.8, 4) is 0 Å². The molecule has 4 nitrogen and oxygen atoms in total. The molecule has 9 heavy (non-hydrogen) atoms. The quantitative estimate of drug-likeness (QED) is 0.544. The van der Waals surface area contributed by atoms with Gasteiger partial charge in [-0.05, 0) is 6.92 Å². The molecule has 0 bridgehead atoms. The van der Waals surface area contributed by atoms with Crippen LogP contribution in [0.1, 0.15) is 6.92 Å². The Morgan fingerprint density at radius 2 is 2.44 bits per heavy atom. The minimum absolute atomic E-state index is 0.0413. The number of aliphatic hydroxyl groups excluding tert-OH is 1. The summed E-state index contributed by atoms with van der Waals surface area (Å²) in [5, 5.41) is 10.8. The van der Waals surface area contributed by atoms with E-state index in [9.17, 15) is 4.79 Å². The fourth-order valence-corrected chi connectivity index (χ4v) is 0.268. The van der Waals surface area contributed by atoms with Crippen molar-refractivity contribution in [3.05, 3.63) is 0 Å². The van der Waals surface area contributed by atoms with Crippen molar-refractivity contribution in [2.45, 2.75) is 13.0 Å². The second-order valence-corrected chi connectivity index (χ2v) is 1.70. The number of hydrogen-bond acceptors (Lipinski definition) is 3. The first-order valence-corrected chi connectivity index (χ1v) is 2.69. The summed E-state index contributed by atoms with van der Waals surface area (Å²) >= 11 is 0. The van der Waals surface area contributed by atoms with E-state index in [1.165, 1.54) is 7.05 Å². The van der Waals surface area contributed by atoms with Crippen molar-refractivity contribution >= 4 is 6.09 Å². The molecule has 0 rings (SSSR count). The summed E-state index contributed by atoms with van der Waals surface area (Å²) in [6, 6.07) is 0. The number of aliphatic hydroxyl groups is 1. The summed E-state index contributed by atoms with van der Waals surface area (Å²) in [4.78, 5) is 10.3. The molecule has 1 atom stereocenters. The fourth-order valence-electron chi connectivity index (χ4n) is 0.268. The summed E-state index contributed by atoms with van der Waals surface area (Å²) in [5.41, 5.74) is 0. The minimum Gasteiger partial charge on any atom is -0.447 e. The number of amides is 1. The van der Waals surface area contributed by atoms with Crippen LogP contribution < -0.4 is 5.32 Å². The van der Waals surface area contributed by atoms with Gasteiger partial charge in [-0.25, -0.2) is 4.79 Å².